The number of hydrogen-bond acceptors (Lipinski definition) is 5. The Morgan fingerprint density at radius 2 is 1.79 bits per heavy atom. The quantitative estimate of drug-likeness (QED) is 0.601. The van der Waals surface area contributed by atoms with E-state index < -0.39 is 0 Å². The van der Waals surface area contributed by atoms with Crippen molar-refractivity contribution in [2.24, 2.45) is 0 Å². The highest BCUT2D eigenvalue weighted by Gasteiger charge is 2.23. The molecule has 2 rings (SSSR count). The summed E-state index contributed by atoms with van der Waals surface area (Å²) in [5, 5.41) is 0. The Morgan fingerprint density at radius 3 is 2.32 bits per heavy atom. The maximum absolute atomic E-state index is 11.3. The van der Waals surface area contributed by atoms with E-state index in [0.717, 1.165) is 13.1 Å². The standard InChI is InChI=1S/C14H19NO4/c1-17-13(16)11-5-7-12(8-6-11)19-14(18-2)15-9-3-4-10-15/h5-8,14H,3-4,9-10H2,1-2H3. The molecule has 1 unspecified atom stereocenters. The zero-order valence-electron chi connectivity index (χ0n) is 11.3. The maximum atomic E-state index is 11.3. The highest BCUT2D eigenvalue weighted by molar-refractivity contribution is 5.89. The number of carbonyl (C=O) groups excluding carboxylic acids is 1. The number of esters is 1. The average Bonchev–Trinajstić information content (AvgIpc) is 2.98. The van der Waals surface area contributed by atoms with Gasteiger partial charge >= 0.3 is 5.97 Å². The van der Waals surface area contributed by atoms with Crippen molar-refractivity contribution in [2.45, 2.75) is 19.3 Å². The van der Waals surface area contributed by atoms with E-state index >= 15 is 0 Å². The first-order valence-corrected chi connectivity index (χ1v) is 6.36. The van der Waals surface area contributed by atoms with E-state index in [1.54, 1.807) is 31.4 Å². The Hall–Kier alpha value is -1.59. The van der Waals surface area contributed by atoms with Crippen molar-refractivity contribution < 1.29 is 19.0 Å². The van der Waals surface area contributed by atoms with Gasteiger partial charge in [0.05, 0.1) is 12.7 Å². The van der Waals surface area contributed by atoms with Crippen molar-refractivity contribution in [1.29, 1.82) is 0 Å². The number of methoxy groups -OCH3 is 2. The lowest BCUT2D eigenvalue weighted by Crippen LogP contribution is -2.38. The van der Waals surface area contributed by atoms with Crippen LogP contribution in [0.4, 0.5) is 0 Å². The van der Waals surface area contributed by atoms with Crippen molar-refractivity contribution in [3.8, 4) is 5.75 Å². The Morgan fingerprint density at radius 1 is 1.16 bits per heavy atom. The largest absolute Gasteiger partial charge is 0.465 e. The molecule has 5 heteroatoms. The van der Waals surface area contributed by atoms with Crippen LogP contribution in [0.3, 0.4) is 0 Å². The lowest BCUT2D eigenvalue weighted by atomic mass is 10.2. The van der Waals surface area contributed by atoms with Gasteiger partial charge in [-0.25, -0.2) is 9.69 Å². The molecule has 19 heavy (non-hydrogen) atoms. The molecular weight excluding hydrogens is 246 g/mol. The summed E-state index contributed by atoms with van der Waals surface area (Å²) in [6.07, 6.45) is 1.97. The highest BCUT2D eigenvalue weighted by Crippen LogP contribution is 2.19. The third-order valence-electron chi connectivity index (χ3n) is 3.15. The van der Waals surface area contributed by atoms with Crippen LogP contribution in [0.25, 0.3) is 0 Å². The molecule has 5 nitrogen and oxygen atoms in total. The van der Waals surface area contributed by atoms with Crippen LogP contribution in [0, 0.1) is 0 Å². The van der Waals surface area contributed by atoms with Gasteiger partial charge in [-0.3, -0.25) is 0 Å². The summed E-state index contributed by atoms with van der Waals surface area (Å²) in [6, 6.07) is 6.85. The van der Waals surface area contributed by atoms with Crippen LogP contribution >= 0.6 is 0 Å². The molecule has 1 aliphatic rings. The zero-order chi connectivity index (χ0) is 13.7. The molecule has 1 aliphatic heterocycles. The zero-order valence-corrected chi connectivity index (χ0v) is 11.3. The Kier molecular flexibility index (Phi) is 4.76. The minimum atomic E-state index is -0.369. The lowest BCUT2D eigenvalue weighted by Gasteiger charge is -2.26. The normalized spacial score (nSPS) is 17.2. The number of likely N-dealkylation sites (tertiary alicyclic amines) is 1. The molecule has 0 spiro atoms. The van der Waals surface area contributed by atoms with Crippen molar-refractivity contribution in [3.05, 3.63) is 29.8 Å². The first-order valence-electron chi connectivity index (χ1n) is 6.36. The Balaban J connectivity index is 1.99. The molecule has 0 bridgehead atoms. The summed E-state index contributed by atoms with van der Waals surface area (Å²) >= 11 is 0. The number of carbonyl (C=O) groups is 1. The van der Waals surface area contributed by atoms with E-state index in [1.165, 1.54) is 20.0 Å². The van der Waals surface area contributed by atoms with Crippen molar-refractivity contribution in [3.63, 3.8) is 0 Å². The first kappa shape index (κ1) is 13.8. The Labute approximate surface area is 113 Å². The van der Waals surface area contributed by atoms with Gasteiger partial charge in [-0.2, -0.15) is 0 Å². The van der Waals surface area contributed by atoms with Gasteiger partial charge in [0, 0.05) is 20.2 Å². The third-order valence-corrected chi connectivity index (χ3v) is 3.15. The summed E-state index contributed by atoms with van der Waals surface area (Å²) in [5.41, 5.74) is 0.505. The predicted octanol–water partition coefficient (Wildman–Crippen LogP) is 1.88. The van der Waals surface area contributed by atoms with Gasteiger partial charge in [0.2, 0.25) is 0 Å². The lowest BCUT2D eigenvalue weighted by molar-refractivity contribution is -0.150. The number of ether oxygens (including phenoxy) is 3. The molecule has 1 fully saturated rings. The molecule has 0 aromatic heterocycles. The molecule has 1 atom stereocenters. The smallest absolute Gasteiger partial charge is 0.337 e. The van der Waals surface area contributed by atoms with E-state index in [4.69, 9.17) is 9.47 Å². The molecule has 1 aromatic rings. The Bertz CT molecular complexity index is 412. The molecule has 0 N–H and O–H groups in total. The van der Waals surface area contributed by atoms with Crippen LogP contribution in [0.2, 0.25) is 0 Å². The van der Waals surface area contributed by atoms with Gasteiger partial charge in [-0.15, -0.1) is 0 Å². The SMILES string of the molecule is COC(=O)c1ccc(OC(OC)N2CCCC2)cc1. The number of nitrogens with zero attached hydrogens (tertiary/aromatic N) is 1. The maximum Gasteiger partial charge on any atom is 0.337 e. The highest BCUT2D eigenvalue weighted by atomic mass is 16.7. The van der Waals surface area contributed by atoms with Gasteiger partial charge < -0.3 is 14.2 Å². The van der Waals surface area contributed by atoms with E-state index in [-0.39, 0.29) is 12.4 Å². The van der Waals surface area contributed by atoms with Gasteiger partial charge in [0.15, 0.2) is 0 Å². The molecule has 104 valence electrons. The minimum absolute atomic E-state index is 0.352. The molecule has 1 saturated heterocycles. The molecule has 1 heterocycles. The van der Waals surface area contributed by atoms with Crippen LogP contribution in [-0.2, 0) is 9.47 Å². The molecule has 0 radical (unpaired) electrons. The summed E-state index contributed by atoms with van der Waals surface area (Å²) < 4.78 is 15.8. The van der Waals surface area contributed by atoms with Crippen LogP contribution < -0.4 is 4.74 Å². The van der Waals surface area contributed by atoms with Crippen molar-refractivity contribution >= 4 is 5.97 Å². The summed E-state index contributed by atoms with van der Waals surface area (Å²) in [5.74, 6) is 0.320. The fraction of sp³-hybridized carbons (Fsp3) is 0.500. The topological polar surface area (TPSA) is 48.0 Å². The minimum Gasteiger partial charge on any atom is -0.465 e. The number of hydrogen-bond donors (Lipinski definition) is 0. The summed E-state index contributed by atoms with van der Waals surface area (Å²) in [6.45, 7) is 1.97. The van der Waals surface area contributed by atoms with Crippen LogP contribution in [-0.4, -0.2) is 44.6 Å². The van der Waals surface area contributed by atoms with Crippen LogP contribution in [0.1, 0.15) is 23.2 Å². The van der Waals surface area contributed by atoms with Gasteiger partial charge in [0.1, 0.15) is 5.75 Å². The number of benzene rings is 1. The summed E-state index contributed by atoms with van der Waals surface area (Å²) in [7, 11) is 2.99. The first-order chi connectivity index (χ1) is 9.24. The van der Waals surface area contributed by atoms with Crippen LogP contribution in [0.5, 0.6) is 5.75 Å². The molecule has 0 aliphatic carbocycles. The third kappa shape index (κ3) is 3.45. The van der Waals surface area contributed by atoms with E-state index in [2.05, 4.69) is 9.64 Å². The molecule has 0 amide bonds. The fourth-order valence-electron chi connectivity index (χ4n) is 2.13. The molecule has 0 saturated carbocycles. The molecular formula is C14H19NO4. The van der Waals surface area contributed by atoms with Gasteiger partial charge in [0.25, 0.3) is 6.41 Å². The second kappa shape index (κ2) is 6.54. The molecule has 1 aromatic carbocycles. The second-order valence-corrected chi connectivity index (χ2v) is 4.42. The van der Waals surface area contributed by atoms with Crippen LogP contribution in [0.15, 0.2) is 24.3 Å². The second-order valence-electron chi connectivity index (χ2n) is 4.42. The monoisotopic (exact) mass is 265 g/mol. The van der Waals surface area contributed by atoms with E-state index in [0.29, 0.717) is 11.3 Å². The van der Waals surface area contributed by atoms with Crippen molar-refractivity contribution in [1.82, 2.24) is 4.90 Å². The average molecular weight is 265 g/mol. The van der Waals surface area contributed by atoms with E-state index in [1.807, 2.05) is 0 Å². The van der Waals surface area contributed by atoms with Crippen molar-refractivity contribution in [2.75, 3.05) is 27.3 Å². The fourth-order valence-corrected chi connectivity index (χ4v) is 2.13. The van der Waals surface area contributed by atoms with Gasteiger partial charge in [-0.1, -0.05) is 0 Å². The van der Waals surface area contributed by atoms with Gasteiger partial charge in [-0.05, 0) is 37.1 Å². The van der Waals surface area contributed by atoms with E-state index in [9.17, 15) is 4.79 Å². The number of rotatable bonds is 5. The summed E-state index contributed by atoms with van der Waals surface area (Å²) in [4.78, 5) is 13.5. The predicted molar refractivity (Wildman–Crippen MR) is 70.0 cm³/mol.